The fraction of sp³-hybridized carbons (Fsp3) is 1.00. The molecule has 2 nitrogen and oxygen atoms in total. The van der Waals surface area contributed by atoms with E-state index in [1.165, 1.54) is 38.8 Å². The van der Waals surface area contributed by atoms with E-state index in [0.29, 0.717) is 0 Å². The number of nitrogens with two attached hydrogens (primary N) is 1. The van der Waals surface area contributed by atoms with Gasteiger partial charge in [0.2, 0.25) is 0 Å². The first-order chi connectivity index (χ1) is 5.42. The second-order valence-electron chi connectivity index (χ2n) is 3.88. The zero-order chi connectivity index (χ0) is 7.68. The summed E-state index contributed by atoms with van der Waals surface area (Å²) in [5.41, 5.74) is 5.73. The van der Waals surface area contributed by atoms with Gasteiger partial charge in [0, 0.05) is 6.04 Å². The third-order valence-electron chi connectivity index (χ3n) is 3.28. The van der Waals surface area contributed by atoms with Crippen LogP contribution in [0.25, 0.3) is 0 Å². The van der Waals surface area contributed by atoms with Crippen molar-refractivity contribution in [3.63, 3.8) is 0 Å². The maximum absolute atomic E-state index is 5.73. The van der Waals surface area contributed by atoms with Gasteiger partial charge >= 0.3 is 0 Å². The number of rotatable bonds is 1. The van der Waals surface area contributed by atoms with Crippen molar-refractivity contribution in [1.82, 2.24) is 4.90 Å². The Kier molecular flexibility index (Phi) is 2.14. The molecule has 0 aromatic carbocycles. The predicted molar refractivity (Wildman–Crippen MR) is 46.4 cm³/mol. The molecule has 0 aromatic heterocycles. The highest BCUT2D eigenvalue weighted by Crippen LogP contribution is 2.30. The van der Waals surface area contributed by atoms with E-state index >= 15 is 0 Å². The molecule has 2 aliphatic rings. The zero-order valence-electron chi connectivity index (χ0n) is 7.13. The molecule has 2 aliphatic heterocycles. The van der Waals surface area contributed by atoms with Crippen LogP contribution in [0.15, 0.2) is 0 Å². The fourth-order valence-electron chi connectivity index (χ4n) is 2.69. The van der Waals surface area contributed by atoms with Gasteiger partial charge in [-0.25, -0.2) is 0 Å². The van der Waals surface area contributed by atoms with Gasteiger partial charge < -0.3 is 10.6 Å². The molecule has 0 saturated carbocycles. The van der Waals surface area contributed by atoms with Crippen LogP contribution < -0.4 is 5.73 Å². The van der Waals surface area contributed by atoms with Gasteiger partial charge in [0.05, 0.1) is 0 Å². The van der Waals surface area contributed by atoms with E-state index in [2.05, 4.69) is 4.90 Å². The fourth-order valence-corrected chi connectivity index (χ4v) is 2.69. The number of hydrogen-bond donors (Lipinski definition) is 1. The Labute approximate surface area is 68.7 Å². The summed E-state index contributed by atoms with van der Waals surface area (Å²) in [5, 5.41) is 0. The minimum Gasteiger partial charge on any atom is -0.330 e. The number of fused-ring (bicyclic) bond motifs is 1. The molecular weight excluding hydrogens is 136 g/mol. The van der Waals surface area contributed by atoms with Crippen molar-refractivity contribution in [3.8, 4) is 0 Å². The normalized spacial score (nSPS) is 39.0. The highest BCUT2D eigenvalue weighted by Gasteiger charge is 2.33. The summed E-state index contributed by atoms with van der Waals surface area (Å²) in [6, 6.07) is 0.855. The van der Waals surface area contributed by atoms with Gasteiger partial charge in [-0.2, -0.15) is 0 Å². The Morgan fingerprint density at radius 1 is 1.18 bits per heavy atom. The standard InChI is InChI=1S/C9H18N2/c10-7-8-3-1-5-11-6-2-4-9(8)11/h8-9H,1-7,10H2/t8-,9-/m1/s1. The third kappa shape index (κ3) is 1.30. The summed E-state index contributed by atoms with van der Waals surface area (Å²) < 4.78 is 0. The Morgan fingerprint density at radius 2 is 1.91 bits per heavy atom. The molecule has 0 spiro atoms. The van der Waals surface area contributed by atoms with Crippen LogP contribution in [0.2, 0.25) is 0 Å². The third-order valence-corrected chi connectivity index (χ3v) is 3.28. The zero-order valence-corrected chi connectivity index (χ0v) is 7.13. The molecule has 0 bridgehead atoms. The molecule has 2 fully saturated rings. The van der Waals surface area contributed by atoms with E-state index in [0.717, 1.165) is 18.5 Å². The van der Waals surface area contributed by atoms with E-state index < -0.39 is 0 Å². The lowest BCUT2D eigenvalue weighted by Gasteiger charge is -2.35. The maximum Gasteiger partial charge on any atom is 0.0136 e. The molecule has 0 amide bonds. The molecule has 2 saturated heterocycles. The summed E-state index contributed by atoms with van der Waals surface area (Å²) in [6.45, 7) is 3.57. The van der Waals surface area contributed by atoms with Crippen molar-refractivity contribution in [2.75, 3.05) is 19.6 Å². The SMILES string of the molecule is NC[C@H]1CCCN2CCC[C@H]12. The number of hydrogen-bond acceptors (Lipinski definition) is 2. The predicted octanol–water partition coefficient (Wildman–Crippen LogP) is 0.819. The summed E-state index contributed by atoms with van der Waals surface area (Å²) in [7, 11) is 0. The van der Waals surface area contributed by atoms with E-state index in [1.807, 2.05) is 0 Å². The van der Waals surface area contributed by atoms with Gasteiger partial charge in [0.25, 0.3) is 0 Å². The highest BCUT2D eigenvalue weighted by molar-refractivity contribution is 4.88. The van der Waals surface area contributed by atoms with Crippen molar-refractivity contribution in [2.45, 2.75) is 31.7 Å². The summed E-state index contributed by atoms with van der Waals surface area (Å²) in [6.07, 6.45) is 5.55. The smallest absolute Gasteiger partial charge is 0.0136 e. The van der Waals surface area contributed by atoms with Crippen LogP contribution in [-0.2, 0) is 0 Å². The largest absolute Gasteiger partial charge is 0.330 e. The van der Waals surface area contributed by atoms with Crippen LogP contribution in [-0.4, -0.2) is 30.6 Å². The van der Waals surface area contributed by atoms with Crippen molar-refractivity contribution >= 4 is 0 Å². The lowest BCUT2D eigenvalue weighted by atomic mass is 9.89. The Morgan fingerprint density at radius 3 is 2.64 bits per heavy atom. The first-order valence-electron chi connectivity index (χ1n) is 4.86. The average molecular weight is 154 g/mol. The first-order valence-corrected chi connectivity index (χ1v) is 4.86. The van der Waals surface area contributed by atoms with Crippen molar-refractivity contribution in [2.24, 2.45) is 11.7 Å². The van der Waals surface area contributed by atoms with Crippen molar-refractivity contribution in [1.29, 1.82) is 0 Å². The minimum atomic E-state index is 0.811. The van der Waals surface area contributed by atoms with Crippen LogP contribution in [0.4, 0.5) is 0 Å². The Hall–Kier alpha value is -0.0800. The molecule has 0 unspecified atom stereocenters. The summed E-state index contributed by atoms with van der Waals surface area (Å²) in [5.74, 6) is 0.811. The topological polar surface area (TPSA) is 29.3 Å². The molecule has 0 aliphatic carbocycles. The van der Waals surface area contributed by atoms with Crippen LogP contribution >= 0.6 is 0 Å². The molecule has 0 radical (unpaired) electrons. The molecule has 0 aromatic rings. The second-order valence-corrected chi connectivity index (χ2v) is 3.88. The van der Waals surface area contributed by atoms with Gasteiger partial charge in [-0.1, -0.05) is 0 Å². The second kappa shape index (κ2) is 3.11. The molecule has 2 heteroatoms. The quantitative estimate of drug-likeness (QED) is 0.606. The van der Waals surface area contributed by atoms with Crippen molar-refractivity contribution < 1.29 is 0 Å². The first kappa shape index (κ1) is 7.56. The molecular formula is C9H18N2. The van der Waals surface area contributed by atoms with E-state index in [4.69, 9.17) is 5.73 Å². The van der Waals surface area contributed by atoms with Crippen LogP contribution in [0.5, 0.6) is 0 Å². The molecule has 11 heavy (non-hydrogen) atoms. The lowest BCUT2D eigenvalue weighted by Crippen LogP contribution is -2.43. The van der Waals surface area contributed by atoms with Crippen LogP contribution in [0.3, 0.4) is 0 Å². The summed E-state index contributed by atoms with van der Waals surface area (Å²) >= 11 is 0. The van der Waals surface area contributed by atoms with Gasteiger partial charge in [-0.3, -0.25) is 0 Å². The van der Waals surface area contributed by atoms with Gasteiger partial charge in [0.1, 0.15) is 0 Å². The Bertz CT molecular complexity index is 136. The van der Waals surface area contributed by atoms with Crippen molar-refractivity contribution in [3.05, 3.63) is 0 Å². The maximum atomic E-state index is 5.73. The number of piperidine rings is 1. The minimum absolute atomic E-state index is 0.811. The molecule has 2 atom stereocenters. The Balaban J connectivity index is 2.00. The molecule has 2 rings (SSSR count). The molecule has 2 N–H and O–H groups in total. The van der Waals surface area contributed by atoms with Gasteiger partial charge in [-0.15, -0.1) is 0 Å². The number of nitrogens with zero attached hydrogens (tertiary/aromatic N) is 1. The summed E-state index contributed by atoms with van der Waals surface area (Å²) in [4.78, 5) is 2.64. The average Bonchev–Trinajstić information content (AvgIpc) is 2.50. The van der Waals surface area contributed by atoms with E-state index in [9.17, 15) is 0 Å². The molecule has 64 valence electrons. The van der Waals surface area contributed by atoms with Crippen LogP contribution in [0.1, 0.15) is 25.7 Å². The van der Waals surface area contributed by atoms with E-state index in [1.54, 1.807) is 0 Å². The van der Waals surface area contributed by atoms with Crippen LogP contribution in [0, 0.1) is 5.92 Å². The highest BCUT2D eigenvalue weighted by atomic mass is 15.2. The van der Waals surface area contributed by atoms with Gasteiger partial charge in [-0.05, 0) is 51.2 Å². The van der Waals surface area contributed by atoms with E-state index in [-0.39, 0.29) is 0 Å². The van der Waals surface area contributed by atoms with Gasteiger partial charge in [0.15, 0.2) is 0 Å². The monoisotopic (exact) mass is 154 g/mol. The molecule has 2 heterocycles. The lowest BCUT2D eigenvalue weighted by molar-refractivity contribution is 0.138.